The van der Waals surface area contributed by atoms with Gasteiger partial charge in [-0.3, -0.25) is 5.43 Å². The van der Waals surface area contributed by atoms with Crippen LogP contribution in [0.5, 0.6) is 0 Å². The largest absolute Gasteiger partial charge is 0.312 e. The summed E-state index contributed by atoms with van der Waals surface area (Å²) < 4.78 is 14.9. The summed E-state index contributed by atoms with van der Waals surface area (Å²) in [6.07, 6.45) is 3.21. The Labute approximate surface area is 151 Å². The Kier molecular flexibility index (Phi) is 5.01. The van der Waals surface area contributed by atoms with Gasteiger partial charge in [0, 0.05) is 25.6 Å². The van der Waals surface area contributed by atoms with Crippen molar-refractivity contribution >= 4 is 0 Å². The molecule has 1 aliphatic rings. The van der Waals surface area contributed by atoms with Crippen LogP contribution in [-0.2, 0) is 6.54 Å². The highest BCUT2D eigenvalue weighted by Crippen LogP contribution is 2.24. The van der Waals surface area contributed by atoms with E-state index in [9.17, 15) is 4.39 Å². The highest BCUT2D eigenvalue weighted by atomic mass is 19.1. The minimum absolute atomic E-state index is 0.179. The number of benzene rings is 2. The summed E-state index contributed by atoms with van der Waals surface area (Å²) in [6, 6.07) is 15.1. The summed E-state index contributed by atoms with van der Waals surface area (Å²) in [7, 11) is 0. The SMILES string of the molecule is Fc1ccc(C2NNCC2CNCc2ccc(-n3cncn3)cc2)cc1. The molecule has 1 aromatic heterocycles. The van der Waals surface area contributed by atoms with E-state index in [1.54, 1.807) is 11.0 Å². The average molecular weight is 352 g/mol. The molecule has 3 N–H and O–H groups in total. The van der Waals surface area contributed by atoms with E-state index >= 15 is 0 Å². The number of halogens is 1. The highest BCUT2D eigenvalue weighted by Gasteiger charge is 2.27. The number of aromatic nitrogens is 3. The lowest BCUT2D eigenvalue weighted by Crippen LogP contribution is -2.28. The molecular formula is C19H21FN6. The van der Waals surface area contributed by atoms with E-state index in [1.807, 2.05) is 24.3 Å². The quantitative estimate of drug-likeness (QED) is 0.633. The van der Waals surface area contributed by atoms with Crippen LogP contribution in [0, 0.1) is 11.7 Å². The molecular weight excluding hydrogens is 331 g/mol. The molecule has 0 aliphatic carbocycles. The monoisotopic (exact) mass is 352 g/mol. The van der Waals surface area contributed by atoms with Crippen LogP contribution in [0.1, 0.15) is 17.2 Å². The maximum atomic E-state index is 13.1. The standard InChI is InChI=1S/C19H21FN6/c20-17-5-3-15(4-6-17)19-16(11-23-25-19)10-21-9-14-1-7-18(8-2-14)26-13-22-12-24-26/h1-8,12-13,16,19,21,23,25H,9-11H2. The summed E-state index contributed by atoms with van der Waals surface area (Å²) in [5, 5.41) is 7.65. The molecule has 0 bridgehead atoms. The van der Waals surface area contributed by atoms with E-state index < -0.39 is 0 Å². The maximum absolute atomic E-state index is 13.1. The van der Waals surface area contributed by atoms with Gasteiger partial charge >= 0.3 is 0 Å². The molecule has 0 spiro atoms. The molecule has 6 nitrogen and oxygen atoms in total. The van der Waals surface area contributed by atoms with Gasteiger partial charge in [0.05, 0.1) is 11.7 Å². The van der Waals surface area contributed by atoms with Gasteiger partial charge in [0.1, 0.15) is 18.5 Å². The molecule has 0 saturated carbocycles. The van der Waals surface area contributed by atoms with Crippen molar-refractivity contribution in [2.45, 2.75) is 12.6 Å². The fourth-order valence-electron chi connectivity index (χ4n) is 3.26. The molecule has 7 heteroatoms. The lowest BCUT2D eigenvalue weighted by Gasteiger charge is -2.19. The fraction of sp³-hybridized carbons (Fsp3) is 0.263. The van der Waals surface area contributed by atoms with Crippen LogP contribution in [0.2, 0.25) is 0 Å². The van der Waals surface area contributed by atoms with Crippen molar-refractivity contribution in [3.8, 4) is 5.69 Å². The molecule has 0 radical (unpaired) electrons. The van der Waals surface area contributed by atoms with Gasteiger partial charge in [-0.25, -0.2) is 19.5 Å². The van der Waals surface area contributed by atoms with Crippen molar-refractivity contribution < 1.29 is 4.39 Å². The van der Waals surface area contributed by atoms with Crippen LogP contribution in [0.3, 0.4) is 0 Å². The molecule has 3 aromatic rings. The minimum Gasteiger partial charge on any atom is -0.312 e. The van der Waals surface area contributed by atoms with Crippen LogP contribution < -0.4 is 16.2 Å². The number of nitrogens with zero attached hydrogens (tertiary/aromatic N) is 3. The smallest absolute Gasteiger partial charge is 0.138 e. The maximum Gasteiger partial charge on any atom is 0.138 e. The Hall–Kier alpha value is -2.61. The zero-order chi connectivity index (χ0) is 17.8. The molecule has 26 heavy (non-hydrogen) atoms. The molecule has 2 aromatic carbocycles. The first-order chi connectivity index (χ1) is 12.8. The zero-order valence-corrected chi connectivity index (χ0v) is 14.3. The molecule has 2 unspecified atom stereocenters. The Morgan fingerprint density at radius 2 is 1.92 bits per heavy atom. The van der Waals surface area contributed by atoms with Crippen molar-refractivity contribution in [3.63, 3.8) is 0 Å². The highest BCUT2D eigenvalue weighted by molar-refractivity contribution is 5.33. The molecule has 2 atom stereocenters. The first kappa shape index (κ1) is 16.8. The van der Waals surface area contributed by atoms with Crippen LogP contribution in [-0.4, -0.2) is 27.9 Å². The zero-order valence-electron chi connectivity index (χ0n) is 14.3. The van der Waals surface area contributed by atoms with Crippen molar-refractivity contribution in [2.75, 3.05) is 13.1 Å². The van der Waals surface area contributed by atoms with Gasteiger partial charge in [0.2, 0.25) is 0 Å². The van der Waals surface area contributed by atoms with Crippen LogP contribution in [0.15, 0.2) is 61.2 Å². The lowest BCUT2D eigenvalue weighted by molar-refractivity contribution is 0.441. The topological polar surface area (TPSA) is 66.8 Å². The summed E-state index contributed by atoms with van der Waals surface area (Å²) >= 11 is 0. The molecule has 134 valence electrons. The van der Waals surface area contributed by atoms with E-state index in [0.717, 1.165) is 30.9 Å². The first-order valence-electron chi connectivity index (χ1n) is 8.68. The number of rotatable bonds is 6. The summed E-state index contributed by atoms with van der Waals surface area (Å²) in [5.41, 5.74) is 9.80. The minimum atomic E-state index is -0.205. The van der Waals surface area contributed by atoms with Crippen molar-refractivity contribution in [3.05, 3.63) is 78.1 Å². The Morgan fingerprint density at radius 1 is 1.12 bits per heavy atom. The molecule has 2 heterocycles. The second kappa shape index (κ2) is 7.74. The Bertz CT molecular complexity index is 816. The summed E-state index contributed by atoms with van der Waals surface area (Å²) in [6.45, 7) is 2.54. The first-order valence-corrected chi connectivity index (χ1v) is 8.68. The van der Waals surface area contributed by atoms with Crippen LogP contribution in [0.25, 0.3) is 5.69 Å². The molecule has 4 rings (SSSR count). The van der Waals surface area contributed by atoms with E-state index in [4.69, 9.17) is 0 Å². The van der Waals surface area contributed by atoms with Gasteiger partial charge in [0.15, 0.2) is 0 Å². The predicted molar refractivity (Wildman–Crippen MR) is 96.8 cm³/mol. The third-order valence-electron chi connectivity index (χ3n) is 4.68. The molecule has 1 aliphatic heterocycles. The van der Waals surface area contributed by atoms with Crippen molar-refractivity contribution in [2.24, 2.45) is 5.92 Å². The third-order valence-corrected chi connectivity index (χ3v) is 4.68. The lowest BCUT2D eigenvalue weighted by atomic mass is 9.95. The number of hydrogen-bond donors (Lipinski definition) is 3. The number of nitrogens with one attached hydrogen (secondary N) is 3. The molecule has 1 saturated heterocycles. The summed E-state index contributed by atoms with van der Waals surface area (Å²) in [4.78, 5) is 3.96. The fourth-order valence-corrected chi connectivity index (χ4v) is 3.26. The van der Waals surface area contributed by atoms with Gasteiger partial charge in [-0.15, -0.1) is 0 Å². The van der Waals surface area contributed by atoms with Crippen LogP contribution in [0.4, 0.5) is 4.39 Å². The molecule has 0 amide bonds. The van der Waals surface area contributed by atoms with E-state index in [0.29, 0.717) is 5.92 Å². The Balaban J connectivity index is 1.32. The summed E-state index contributed by atoms with van der Waals surface area (Å²) in [5.74, 6) is 0.193. The van der Waals surface area contributed by atoms with Gasteiger partial charge in [0.25, 0.3) is 0 Å². The second-order valence-electron chi connectivity index (χ2n) is 6.45. The molecule has 1 fully saturated rings. The predicted octanol–water partition coefficient (Wildman–Crippen LogP) is 1.96. The second-order valence-corrected chi connectivity index (χ2v) is 6.45. The van der Waals surface area contributed by atoms with E-state index in [-0.39, 0.29) is 11.9 Å². The van der Waals surface area contributed by atoms with Gasteiger partial charge in [-0.05, 0) is 35.4 Å². The van der Waals surface area contributed by atoms with Crippen LogP contribution >= 0.6 is 0 Å². The van der Waals surface area contributed by atoms with E-state index in [1.165, 1.54) is 24.0 Å². The van der Waals surface area contributed by atoms with E-state index in [2.05, 4.69) is 38.4 Å². The van der Waals surface area contributed by atoms with Gasteiger partial charge in [-0.1, -0.05) is 24.3 Å². The van der Waals surface area contributed by atoms with Gasteiger partial charge in [-0.2, -0.15) is 5.10 Å². The normalized spacial score (nSPS) is 19.7. The van der Waals surface area contributed by atoms with Gasteiger partial charge < -0.3 is 5.32 Å². The third kappa shape index (κ3) is 3.80. The number of hydrogen-bond acceptors (Lipinski definition) is 5. The Morgan fingerprint density at radius 3 is 2.65 bits per heavy atom. The number of hydrazine groups is 1. The van der Waals surface area contributed by atoms with Crippen molar-refractivity contribution in [1.82, 2.24) is 30.9 Å². The average Bonchev–Trinajstić information content (AvgIpc) is 3.35. The van der Waals surface area contributed by atoms with Crippen molar-refractivity contribution in [1.29, 1.82) is 0 Å².